The van der Waals surface area contributed by atoms with Crippen molar-refractivity contribution in [2.24, 2.45) is 0 Å². The molecule has 1 fully saturated rings. The Kier molecular flexibility index (Phi) is 8.72. The van der Waals surface area contributed by atoms with Crippen molar-refractivity contribution in [1.82, 2.24) is 10.2 Å². The van der Waals surface area contributed by atoms with E-state index in [2.05, 4.69) is 5.32 Å². The Morgan fingerprint density at radius 3 is 2.52 bits per heavy atom. The Morgan fingerprint density at radius 2 is 1.85 bits per heavy atom. The summed E-state index contributed by atoms with van der Waals surface area (Å²) < 4.78 is 5.84. The van der Waals surface area contributed by atoms with Gasteiger partial charge in [0.25, 0.3) is 0 Å². The number of carbonyl (C=O) groups excluding carboxylic acids is 2. The van der Waals surface area contributed by atoms with Crippen LogP contribution in [0.5, 0.6) is 5.75 Å². The van der Waals surface area contributed by atoms with E-state index >= 15 is 0 Å². The number of hydrogen-bond acceptors (Lipinski definition) is 4. The molecule has 0 spiro atoms. The predicted octanol–water partition coefficient (Wildman–Crippen LogP) is 4.20. The third-order valence-corrected chi connectivity index (χ3v) is 5.90. The normalized spacial score (nSPS) is 15.2. The number of carbonyl (C=O) groups is 3. The lowest BCUT2D eigenvalue weighted by Crippen LogP contribution is -2.58. The molecule has 1 heterocycles. The van der Waals surface area contributed by atoms with Gasteiger partial charge < -0.3 is 15.2 Å². The lowest BCUT2D eigenvalue weighted by atomic mass is 10.1. The van der Waals surface area contributed by atoms with Gasteiger partial charge in [0.15, 0.2) is 6.23 Å². The van der Waals surface area contributed by atoms with Gasteiger partial charge >= 0.3 is 5.97 Å². The molecule has 8 heteroatoms. The first-order valence-electron chi connectivity index (χ1n) is 11.1. The van der Waals surface area contributed by atoms with Gasteiger partial charge in [-0.3, -0.25) is 14.5 Å². The Labute approximate surface area is 198 Å². The molecule has 1 aliphatic rings. The molecule has 2 aromatic rings. The third kappa shape index (κ3) is 7.22. The van der Waals surface area contributed by atoms with Gasteiger partial charge in [-0.15, -0.1) is 0 Å². The number of rotatable bonds is 12. The number of nitrogens with zero attached hydrogens (tertiary/aromatic N) is 1. The van der Waals surface area contributed by atoms with E-state index in [0.717, 1.165) is 37.1 Å². The average molecular weight is 473 g/mol. The number of benzene rings is 2. The maximum Gasteiger partial charge on any atom is 0.335 e. The highest BCUT2D eigenvalue weighted by Gasteiger charge is 2.39. The van der Waals surface area contributed by atoms with E-state index in [9.17, 15) is 14.4 Å². The third-order valence-electron chi connectivity index (χ3n) is 5.64. The van der Waals surface area contributed by atoms with Crippen molar-refractivity contribution in [3.8, 4) is 5.75 Å². The SMILES string of the molecule is Cc1cc(C(=O)O)ccc1OC1CC(=O)N1CC(=O)NCCCCCCc1ccc(Cl)cc1. The number of hydrogen-bond donors (Lipinski definition) is 2. The van der Waals surface area contributed by atoms with Crippen molar-refractivity contribution >= 4 is 29.4 Å². The van der Waals surface area contributed by atoms with Crippen LogP contribution in [0.4, 0.5) is 0 Å². The van der Waals surface area contributed by atoms with Gasteiger partial charge in [-0.25, -0.2) is 4.79 Å². The summed E-state index contributed by atoms with van der Waals surface area (Å²) in [5.74, 6) is -0.863. The molecular formula is C25H29ClN2O5. The standard InChI is InChI=1S/C25H29ClN2O5/c1-17-14-19(25(31)32)9-12-21(17)33-24-15-23(30)28(24)16-22(29)27-13-5-3-2-4-6-18-7-10-20(26)11-8-18/h7-12,14,24H,2-6,13,15-16H2,1H3,(H,27,29)(H,31,32). The number of carboxylic acid groups (broad SMARTS) is 1. The topological polar surface area (TPSA) is 95.9 Å². The number of unbranched alkanes of at least 4 members (excludes halogenated alkanes) is 3. The quantitative estimate of drug-likeness (QED) is 0.356. The van der Waals surface area contributed by atoms with E-state index < -0.39 is 12.2 Å². The van der Waals surface area contributed by atoms with Crippen LogP contribution in [0, 0.1) is 6.92 Å². The zero-order chi connectivity index (χ0) is 23.8. The fourth-order valence-corrected chi connectivity index (χ4v) is 3.80. The summed E-state index contributed by atoms with van der Waals surface area (Å²) in [7, 11) is 0. The van der Waals surface area contributed by atoms with E-state index in [1.165, 1.54) is 22.6 Å². The lowest BCUT2D eigenvalue weighted by molar-refractivity contribution is -0.163. The van der Waals surface area contributed by atoms with Gasteiger partial charge in [-0.1, -0.05) is 36.6 Å². The van der Waals surface area contributed by atoms with Crippen LogP contribution < -0.4 is 10.1 Å². The molecule has 1 aliphatic heterocycles. The minimum atomic E-state index is -1.01. The van der Waals surface area contributed by atoms with Crippen molar-refractivity contribution in [3.63, 3.8) is 0 Å². The summed E-state index contributed by atoms with van der Waals surface area (Å²) in [5.41, 5.74) is 2.11. The highest BCUT2D eigenvalue weighted by atomic mass is 35.5. The van der Waals surface area contributed by atoms with Crippen molar-refractivity contribution in [1.29, 1.82) is 0 Å². The molecule has 2 N–H and O–H groups in total. The first kappa shape index (κ1) is 24.6. The van der Waals surface area contributed by atoms with Gasteiger partial charge in [0.2, 0.25) is 11.8 Å². The molecule has 3 rings (SSSR count). The Morgan fingerprint density at radius 1 is 1.12 bits per heavy atom. The minimum absolute atomic E-state index is 0.0493. The van der Waals surface area contributed by atoms with Gasteiger partial charge in [0, 0.05) is 11.6 Å². The molecule has 33 heavy (non-hydrogen) atoms. The molecule has 2 amide bonds. The summed E-state index contributed by atoms with van der Waals surface area (Å²) in [5, 5.41) is 12.7. The summed E-state index contributed by atoms with van der Waals surface area (Å²) >= 11 is 5.89. The van der Waals surface area contributed by atoms with Crippen LogP contribution >= 0.6 is 11.6 Å². The number of amides is 2. The number of aryl methyl sites for hydroxylation is 2. The molecule has 0 saturated carbocycles. The number of nitrogens with one attached hydrogen (secondary N) is 1. The molecule has 1 saturated heterocycles. The predicted molar refractivity (Wildman–Crippen MR) is 126 cm³/mol. The Balaban J connectivity index is 1.32. The first-order chi connectivity index (χ1) is 15.8. The largest absolute Gasteiger partial charge is 0.478 e. The Hall–Kier alpha value is -3.06. The molecule has 1 atom stereocenters. The zero-order valence-corrected chi connectivity index (χ0v) is 19.4. The molecule has 0 aromatic heterocycles. The lowest BCUT2D eigenvalue weighted by Gasteiger charge is -2.39. The van der Waals surface area contributed by atoms with E-state index in [0.29, 0.717) is 17.9 Å². The van der Waals surface area contributed by atoms with Gasteiger partial charge in [0.1, 0.15) is 12.3 Å². The van der Waals surface area contributed by atoms with Crippen molar-refractivity contribution in [3.05, 3.63) is 64.2 Å². The number of carboxylic acids is 1. The number of likely N-dealkylation sites (tertiary alicyclic amines) is 1. The minimum Gasteiger partial charge on any atom is -0.478 e. The summed E-state index contributed by atoms with van der Waals surface area (Å²) in [6.07, 6.45) is 4.76. The summed E-state index contributed by atoms with van der Waals surface area (Å²) in [4.78, 5) is 36.7. The second-order valence-electron chi connectivity index (χ2n) is 8.22. The van der Waals surface area contributed by atoms with Gasteiger partial charge in [-0.05, 0) is 67.6 Å². The molecular weight excluding hydrogens is 444 g/mol. The molecule has 176 valence electrons. The first-order valence-corrected chi connectivity index (χ1v) is 11.5. The van der Waals surface area contributed by atoms with Crippen LogP contribution in [0.15, 0.2) is 42.5 Å². The maximum atomic E-state index is 12.2. The fourth-order valence-electron chi connectivity index (χ4n) is 3.68. The summed E-state index contributed by atoms with van der Waals surface area (Å²) in [6.45, 7) is 2.27. The second-order valence-corrected chi connectivity index (χ2v) is 8.66. The zero-order valence-electron chi connectivity index (χ0n) is 18.7. The highest BCUT2D eigenvalue weighted by molar-refractivity contribution is 6.30. The molecule has 2 aromatic carbocycles. The van der Waals surface area contributed by atoms with E-state index in [1.54, 1.807) is 13.0 Å². The van der Waals surface area contributed by atoms with E-state index in [-0.39, 0.29) is 30.3 Å². The van der Waals surface area contributed by atoms with Crippen LogP contribution in [0.1, 0.15) is 53.6 Å². The summed E-state index contributed by atoms with van der Waals surface area (Å²) in [6, 6.07) is 12.4. The molecule has 0 aliphatic carbocycles. The Bertz CT molecular complexity index is 993. The number of β-lactam (4-membered cyclic amide) rings is 1. The monoisotopic (exact) mass is 472 g/mol. The van der Waals surface area contributed by atoms with Crippen LogP contribution in [-0.4, -0.2) is 47.1 Å². The molecule has 7 nitrogen and oxygen atoms in total. The smallest absolute Gasteiger partial charge is 0.335 e. The van der Waals surface area contributed by atoms with E-state index in [1.807, 2.05) is 24.3 Å². The average Bonchev–Trinajstić information content (AvgIpc) is 2.78. The van der Waals surface area contributed by atoms with Crippen molar-refractivity contribution in [2.75, 3.05) is 13.1 Å². The van der Waals surface area contributed by atoms with Crippen molar-refractivity contribution < 1.29 is 24.2 Å². The number of halogens is 1. The molecule has 0 radical (unpaired) electrons. The van der Waals surface area contributed by atoms with Crippen LogP contribution in [0.3, 0.4) is 0 Å². The second kappa shape index (κ2) is 11.7. The van der Waals surface area contributed by atoms with Crippen LogP contribution in [0.2, 0.25) is 5.02 Å². The van der Waals surface area contributed by atoms with Crippen LogP contribution in [0.25, 0.3) is 0 Å². The fraction of sp³-hybridized carbons (Fsp3) is 0.400. The molecule has 0 bridgehead atoms. The maximum absolute atomic E-state index is 12.2. The number of aromatic carboxylic acids is 1. The number of ether oxygens (including phenoxy) is 1. The highest BCUT2D eigenvalue weighted by Crippen LogP contribution is 2.26. The van der Waals surface area contributed by atoms with Crippen LogP contribution in [-0.2, 0) is 16.0 Å². The van der Waals surface area contributed by atoms with Gasteiger partial charge in [-0.2, -0.15) is 0 Å². The van der Waals surface area contributed by atoms with Gasteiger partial charge in [0.05, 0.1) is 12.0 Å². The van der Waals surface area contributed by atoms with Crippen molar-refractivity contribution in [2.45, 2.75) is 51.7 Å². The van der Waals surface area contributed by atoms with E-state index in [4.69, 9.17) is 21.4 Å². The molecule has 1 unspecified atom stereocenters.